The predicted octanol–water partition coefficient (Wildman–Crippen LogP) is 3.82. The van der Waals surface area contributed by atoms with Gasteiger partial charge in [-0.3, -0.25) is 0 Å². The lowest BCUT2D eigenvalue weighted by Crippen LogP contribution is -2.49. The molecular formula is C16H34N4O4Si. The average Bonchev–Trinajstić information content (AvgIpc) is 2.42. The summed E-state index contributed by atoms with van der Waals surface area (Å²) >= 11 is 0. The molecule has 2 N–H and O–H groups in total. The molecule has 0 rings (SSSR count). The van der Waals surface area contributed by atoms with Crippen molar-refractivity contribution in [3.8, 4) is 0 Å². The van der Waals surface area contributed by atoms with Crippen LogP contribution >= 0.6 is 0 Å². The van der Waals surface area contributed by atoms with Crippen LogP contribution in [0, 0.1) is 5.92 Å². The van der Waals surface area contributed by atoms with Crippen molar-refractivity contribution in [3.05, 3.63) is 10.4 Å². The van der Waals surface area contributed by atoms with E-state index in [9.17, 15) is 9.90 Å². The minimum Gasteiger partial charge on any atom is -0.444 e. The van der Waals surface area contributed by atoms with Gasteiger partial charge in [0.1, 0.15) is 5.60 Å². The lowest BCUT2D eigenvalue weighted by Gasteiger charge is -2.38. The van der Waals surface area contributed by atoms with E-state index < -0.39 is 26.1 Å². The number of aliphatic hydroxyl groups is 1. The number of nitrogens with one attached hydrogen (secondary N) is 1. The summed E-state index contributed by atoms with van der Waals surface area (Å²) in [5, 5.41) is 16.0. The Morgan fingerprint density at radius 1 is 1.28 bits per heavy atom. The number of hydrogen-bond donors (Lipinski definition) is 2. The Morgan fingerprint density at radius 2 is 1.84 bits per heavy atom. The highest BCUT2D eigenvalue weighted by molar-refractivity contribution is 6.74. The largest absolute Gasteiger partial charge is 0.444 e. The van der Waals surface area contributed by atoms with E-state index in [1.165, 1.54) is 0 Å². The van der Waals surface area contributed by atoms with Gasteiger partial charge in [0.15, 0.2) is 8.32 Å². The van der Waals surface area contributed by atoms with Crippen LogP contribution in [0.2, 0.25) is 18.1 Å². The molecule has 0 heterocycles. The van der Waals surface area contributed by atoms with E-state index in [1.54, 1.807) is 20.8 Å². The highest BCUT2D eigenvalue weighted by atomic mass is 28.4. The molecule has 0 saturated heterocycles. The Labute approximate surface area is 152 Å². The Kier molecular flexibility index (Phi) is 8.94. The van der Waals surface area contributed by atoms with Crippen LogP contribution in [0.1, 0.15) is 41.5 Å². The number of amides is 1. The molecule has 8 nitrogen and oxygen atoms in total. The maximum Gasteiger partial charge on any atom is 0.407 e. The van der Waals surface area contributed by atoms with E-state index in [-0.39, 0.29) is 30.7 Å². The van der Waals surface area contributed by atoms with Crippen LogP contribution in [0.15, 0.2) is 5.11 Å². The molecule has 0 spiro atoms. The van der Waals surface area contributed by atoms with E-state index in [1.807, 2.05) is 0 Å². The first-order chi connectivity index (χ1) is 11.2. The van der Waals surface area contributed by atoms with Gasteiger partial charge in [-0.2, -0.15) is 0 Å². The van der Waals surface area contributed by atoms with Crippen LogP contribution in [-0.4, -0.2) is 50.9 Å². The molecule has 0 aliphatic heterocycles. The quantitative estimate of drug-likeness (QED) is 0.291. The van der Waals surface area contributed by atoms with Gasteiger partial charge in [-0.05, 0) is 44.4 Å². The zero-order chi connectivity index (χ0) is 19.9. The number of alkyl carbamates (subject to hydrolysis) is 1. The smallest absolute Gasteiger partial charge is 0.407 e. The first-order valence-corrected chi connectivity index (χ1v) is 11.4. The van der Waals surface area contributed by atoms with Gasteiger partial charge in [-0.1, -0.05) is 25.9 Å². The molecule has 9 heteroatoms. The van der Waals surface area contributed by atoms with Crippen molar-refractivity contribution >= 4 is 14.4 Å². The number of ether oxygens (including phenoxy) is 1. The van der Waals surface area contributed by atoms with E-state index in [2.05, 4.69) is 49.2 Å². The fourth-order valence-corrected chi connectivity index (χ4v) is 2.80. The topological polar surface area (TPSA) is 117 Å². The second-order valence-electron chi connectivity index (χ2n) is 8.68. The highest BCUT2D eigenvalue weighted by Gasteiger charge is 2.38. The zero-order valence-electron chi connectivity index (χ0n) is 16.8. The van der Waals surface area contributed by atoms with Crippen LogP contribution in [0.3, 0.4) is 0 Å². The van der Waals surface area contributed by atoms with Gasteiger partial charge in [-0.15, -0.1) is 0 Å². The van der Waals surface area contributed by atoms with E-state index in [0.717, 1.165) is 0 Å². The SMILES string of the molecule is CC(C)(C)OC(=O)NC(CO)C(CN=[N+]=[N-])CO[Si](C)(C)C(C)(C)C. The van der Waals surface area contributed by atoms with Crippen molar-refractivity contribution in [3.63, 3.8) is 0 Å². The normalized spacial score (nSPS) is 15.1. The summed E-state index contributed by atoms with van der Waals surface area (Å²) in [6.45, 7) is 16.0. The summed E-state index contributed by atoms with van der Waals surface area (Å²) in [6, 6.07) is -0.620. The molecule has 146 valence electrons. The molecule has 0 aromatic rings. The third-order valence-electron chi connectivity index (χ3n) is 4.31. The van der Waals surface area contributed by atoms with Crippen molar-refractivity contribution in [1.82, 2.24) is 5.32 Å². The lowest BCUT2D eigenvalue weighted by molar-refractivity contribution is 0.0436. The van der Waals surface area contributed by atoms with Gasteiger partial charge >= 0.3 is 6.09 Å². The van der Waals surface area contributed by atoms with Crippen LogP contribution in [0.5, 0.6) is 0 Å². The number of azide groups is 1. The molecule has 0 fully saturated rings. The summed E-state index contributed by atoms with van der Waals surface area (Å²) in [7, 11) is -2.00. The fraction of sp³-hybridized carbons (Fsp3) is 0.938. The molecule has 25 heavy (non-hydrogen) atoms. The fourth-order valence-electron chi connectivity index (χ4n) is 1.74. The molecule has 2 atom stereocenters. The summed E-state index contributed by atoms with van der Waals surface area (Å²) in [4.78, 5) is 14.8. The van der Waals surface area contributed by atoms with Crippen LogP contribution in [0.25, 0.3) is 10.4 Å². The molecule has 0 radical (unpaired) electrons. The lowest BCUT2D eigenvalue weighted by atomic mass is 10.0. The average molecular weight is 375 g/mol. The molecule has 0 bridgehead atoms. The summed E-state index contributed by atoms with van der Waals surface area (Å²) in [5.74, 6) is -0.345. The van der Waals surface area contributed by atoms with Crippen molar-refractivity contribution in [1.29, 1.82) is 0 Å². The van der Waals surface area contributed by atoms with E-state index in [4.69, 9.17) is 14.7 Å². The first-order valence-electron chi connectivity index (χ1n) is 8.48. The van der Waals surface area contributed by atoms with Gasteiger partial charge in [-0.25, -0.2) is 4.79 Å². The minimum absolute atomic E-state index is 0.0311. The Bertz CT molecular complexity index is 480. The van der Waals surface area contributed by atoms with Crippen LogP contribution in [0.4, 0.5) is 4.79 Å². The van der Waals surface area contributed by atoms with Gasteiger partial charge in [0.25, 0.3) is 0 Å². The maximum absolute atomic E-state index is 12.0. The van der Waals surface area contributed by atoms with Gasteiger partial charge < -0.3 is 19.6 Å². The molecule has 0 aromatic heterocycles. The van der Waals surface area contributed by atoms with Crippen molar-refractivity contribution in [2.45, 2.75) is 71.3 Å². The van der Waals surface area contributed by atoms with Crippen molar-refractivity contribution in [2.75, 3.05) is 19.8 Å². The van der Waals surface area contributed by atoms with Crippen LogP contribution < -0.4 is 5.32 Å². The highest BCUT2D eigenvalue weighted by Crippen LogP contribution is 2.36. The standard InChI is InChI=1S/C16H34N4O4Si/c1-15(2,3)24-14(22)19-13(10-21)12(9-18-20-17)11-23-25(7,8)16(4,5)6/h12-13,21H,9-11H2,1-8H3,(H,19,22). The third kappa shape index (κ3) is 9.11. The van der Waals surface area contributed by atoms with E-state index >= 15 is 0 Å². The molecule has 2 unspecified atom stereocenters. The van der Waals surface area contributed by atoms with Crippen molar-refractivity contribution in [2.24, 2.45) is 11.0 Å². The van der Waals surface area contributed by atoms with E-state index in [0.29, 0.717) is 0 Å². The number of carbonyl (C=O) groups excluding carboxylic acids is 1. The molecule has 0 saturated carbocycles. The molecule has 1 amide bonds. The Balaban J connectivity index is 5.08. The monoisotopic (exact) mass is 374 g/mol. The van der Waals surface area contributed by atoms with Gasteiger partial charge in [0.05, 0.1) is 12.6 Å². The first kappa shape index (κ1) is 23.7. The predicted molar refractivity (Wildman–Crippen MR) is 101 cm³/mol. The maximum atomic E-state index is 12.0. The summed E-state index contributed by atoms with van der Waals surface area (Å²) < 4.78 is 11.4. The molecular weight excluding hydrogens is 340 g/mol. The summed E-state index contributed by atoms with van der Waals surface area (Å²) in [6.07, 6.45) is -0.621. The number of nitrogens with zero attached hydrogens (tertiary/aromatic N) is 3. The number of rotatable bonds is 8. The molecule has 0 aliphatic rings. The second-order valence-corrected chi connectivity index (χ2v) is 13.5. The molecule has 0 aromatic carbocycles. The minimum atomic E-state index is -2.00. The second kappa shape index (κ2) is 9.42. The number of carbonyl (C=O) groups is 1. The molecule has 0 aliphatic carbocycles. The number of aliphatic hydroxyl groups excluding tert-OH is 1. The Hall–Kier alpha value is -1.28. The van der Waals surface area contributed by atoms with Crippen molar-refractivity contribution < 1.29 is 19.1 Å². The summed E-state index contributed by atoms with van der Waals surface area (Å²) in [5.41, 5.74) is 7.98. The zero-order valence-corrected chi connectivity index (χ0v) is 17.8. The van der Waals surface area contributed by atoms with Crippen LogP contribution in [-0.2, 0) is 9.16 Å². The Morgan fingerprint density at radius 3 is 2.24 bits per heavy atom. The third-order valence-corrected chi connectivity index (χ3v) is 8.81. The van der Waals surface area contributed by atoms with Gasteiger partial charge in [0.2, 0.25) is 0 Å². The van der Waals surface area contributed by atoms with Gasteiger partial charge in [0, 0.05) is 24.0 Å². The number of hydrogen-bond acceptors (Lipinski definition) is 5.